The van der Waals surface area contributed by atoms with E-state index in [4.69, 9.17) is 21.1 Å². The van der Waals surface area contributed by atoms with E-state index in [9.17, 15) is 4.79 Å². The van der Waals surface area contributed by atoms with Crippen LogP contribution in [0.5, 0.6) is 11.5 Å². The molecule has 0 bridgehead atoms. The summed E-state index contributed by atoms with van der Waals surface area (Å²) in [7, 11) is 1.63. The molecule has 20 heavy (non-hydrogen) atoms. The summed E-state index contributed by atoms with van der Waals surface area (Å²) in [5.41, 5.74) is 1.10. The number of carbonyl (C=O) groups excluding carboxylic acids is 1. The van der Waals surface area contributed by atoms with Gasteiger partial charge in [0.05, 0.1) is 13.7 Å². The summed E-state index contributed by atoms with van der Waals surface area (Å²) in [4.78, 5) is 11.3. The lowest BCUT2D eigenvalue weighted by molar-refractivity contribution is -0.120. The van der Waals surface area contributed by atoms with E-state index in [1.807, 2.05) is 18.2 Å². The van der Waals surface area contributed by atoms with E-state index in [0.29, 0.717) is 25.5 Å². The molecule has 4 nitrogen and oxygen atoms in total. The van der Waals surface area contributed by atoms with Gasteiger partial charge in [-0.25, -0.2) is 0 Å². The molecule has 0 saturated carbocycles. The second-order valence-corrected chi connectivity index (χ2v) is 4.75. The second-order valence-electron chi connectivity index (χ2n) is 4.37. The summed E-state index contributed by atoms with van der Waals surface area (Å²) in [6.07, 6.45) is 2.05. The molecule has 0 atom stereocenters. The number of methoxy groups -OCH3 is 1. The van der Waals surface area contributed by atoms with Gasteiger partial charge in [-0.1, -0.05) is 13.0 Å². The van der Waals surface area contributed by atoms with Crippen molar-refractivity contribution in [3.05, 3.63) is 23.8 Å². The van der Waals surface area contributed by atoms with Crippen LogP contribution in [-0.4, -0.2) is 32.0 Å². The van der Waals surface area contributed by atoms with Crippen LogP contribution in [0.25, 0.3) is 0 Å². The van der Waals surface area contributed by atoms with Gasteiger partial charge < -0.3 is 14.8 Å². The Morgan fingerprint density at radius 2 is 2.15 bits per heavy atom. The topological polar surface area (TPSA) is 47.6 Å². The Hall–Kier alpha value is -1.42. The van der Waals surface area contributed by atoms with Gasteiger partial charge in [0.1, 0.15) is 0 Å². The third kappa shape index (κ3) is 5.70. The van der Waals surface area contributed by atoms with Crippen molar-refractivity contribution in [2.75, 3.05) is 26.1 Å². The first-order valence-corrected chi connectivity index (χ1v) is 7.37. The number of nitrogens with one attached hydrogen (secondary N) is 1. The van der Waals surface area contributed by atoms with E-state index in [1.165, 1.54) is 0 Å². The SMILES string of the molecule is CCCOc1cc(CCNC(=O)CCCl)ccc1OC. The number of carbonyl (C=O) groups is 1. The molecule has 112 valence electrons. The highest BCUT2D eigenvalue weighted by Gasteiger charge is 2.06. The summed E-state index contributed by atoms with van der Waals surface area (Å²) in [6, 6.07) is 5.83. The number of ether oxygens (including phenoxy) is 2. The first kappa shape index (κ1) is 16.6. The van der Waals surface area contributed by atoms with Gasteiger partial charge in [-0.2, -0.15) is 0 Å². The number of benzene rings is 1. The van der Waals surface area contributed by atoms with Gasteiger partial charge in [-0.05, 0) is 30.5 Å². The summed E-state index contributed by atoms with van der Waals surface area (Å²) < 4.78 is 10.9. The highest BCUT2D eigenvalue weighted by atomic mass is 35.5. The lowest BCUT2D eigenvalue weighted by atomic mass is 10.1. The van der Waals surface area contributed by atoms with Gasteiger partial charge in [-0.3, -0.25) is 4.79 Å². The zero-order valence-corrected chi connectivity index (χ0v) is 12.8. The molecule has 0 heterocycles. The zero-order valence-electron chi connectivity index (χ0n) is 12.1. The monoisotopic (exact) mass is 299 g/mol. The molecule has 1 N–H and O–H groups in total. The van der Waals surface area contributed by atoms with Crippen molar-refractivity contribution in [1.82, 2.24) is 5.32 Å². The van der Waals surface area contributed by atoms with Crippen LogP contribution >= 0.6 is 11.6 Å². The Balaban J connectivity index is 2.55. The normalized spacial score (nSPS) is 10.2. The average molecular weight is 300 g/mol. The van der Waals surface area contributed by atoms with E-state index in [-0.39, 0.29) is 5.91 Å². The average Bonchev–Trinajstić information content (AvgIpc) is 2.45. The number of alkyl halides is 1. The Bertz CT molecular complexity index is 424. The fourth-order valence-electron chi connectivity index (χ4n) is 1.72. The number of hydrogen-bond donors (Lipinski definition) is 1. The lowest BCUT2D eigenvalue weighted by Crippen LogP contribution is -2.25. The second kappa shape index (κ2) is 9.48. The molecule has 1 aromatic carbocycles. The molecule has 1 rings (SSSR count). The fourth-order valence-corrected chi connectivity index (χ4v) is 1.89. The number of hydrogen-bond acceptors (Lipinski definition) is 3. The third-order valence-corrected chi connectivity index (χ3v) is 2.94. The molecule has 0 aliphatic heterocycles. The Morgan fingerprint density at radius 3 is 2.80 bits per heavy atom. The minimum Gasteiger partial charge on any atom is -0.493 e. The molecule has 1 amide bonds. The van der Waals surface area contributed by atoms with Crippen molar-refractivity contribution in [2.45, 2.75) is 26.2 Å². The van der Waals surface area contributed by atoms with Crippen LogP contribution in [-0.2, 0) is 11.2 Å². The predicted octanol–water partition coefficient (Wildman–Crippen LogP) is 2.77. The van der Waals surface area contributed by atoms with Crippen molar-refractivity contribution >= 4 is 17.5 Å². The maximum Gasteiger partial charge on any atom is 0.221 e. The van der Waals surface area contributed by atoms with Gasteiger partial charge in [-0.15, -0.1) is 11.6 Å². The van der Waals surface area contributed by atoms with Crippen molar-refractivity contribution in [1.29, 1.82) is 0 Å². The van der Waals surface area contributed by atoms with Crippen molar-refractivity contribution in [2.24, 2.45) is 0 Å². The Morgan fingerprint density at radius 1 is 1.35 bits per heavy atom. The number of halogens is 1. The van der Waals surface area contributed by atoms with E-state index in [0.717, 1.165) is 29.9 Å². The summed E-state index contributed by atoms with van der Waals surface area (Å²) in [5, 5.41) is 2.83. The minimum absolute atomic E-state index is 0.0176. The highest BCUT2D eigenvalue weighted by molar-refractivity contribution is 6.18. The van der Waals surface area contributed by atoms with Crippen LogP contribution in [0.2, 0.25) is 0 Å². The fraction of sp³-hybridized carbons (Fsp3) is 0.533. The molecule has 0 fully saturated rings. The summed E-state index contributed by atoms with van der Waals surface area (Å²) in [5.74, 6) is 1.81. The van der Waals surface area contributed by atoms with Crippen LogP contribution < -0.4 is 14.8 Å². The summed E-state index contributed by atoms with van der Waals surface area (Å²) in [6.45, 7) is 3.31. The number of amides is 1. The molecule has 5 heteroatoms. The van der Waals surface area contributed by atoms with Gasteiger partial charge in [0.25, 0.3) is 0 Å². The van der Waals surface area contributed by atoms with Crippen molar-refractivity contribution < 1.29 is 14.3 Å². The maximum absolute atomic E-state index is 11.3. The largest absolute Gasteiger partial charge is 0.493 e. The molecular formula is C15H22ClNO3. The van der Waals surface area contributed by atoms with Crippen LogP contribution in [0.4, 0.5) is 0 Å². The van der Waals surface area contributed by atoms with E-state index < -0.39 is 0 Å². The Kier molecular flexibility index (Phi) is 7.88. The first-order chi connectivity index (χ1) is 9.71. The van der Waals surface area contributed by atoms with Crippen LogP contribution in [0.1, 0.15) is 25.3 Å². The summed E-state index contributed by atoms with van der Waals surface area (Å²) >= 11 is 5.50. The first-order valence-electron chi connectivity index (χ1n) is 6.83. The molecule has 0 radical (unpaired) electrons. The van der Waals surface area contributed by atoms with Crippen molar-refractivity contribution in [3.63, 3.8) is 0 Å². The molecule has 0 aromatic heterocycles. The molecule has 1 aromatic rings. The highest BCUT2D eigenvalue weighted by Crippen LogP contribution is 2.28. The molecule has 0 unspecified atom stereocenters. The van der Waals surface area contributed by atoms with Crippen molar-refractivity contribution in [3.8, 4) is 11.5 Å². The lowest BCUT2D eigenvalue weighted by Gasteiger charge is -2.12. The Labute approximate surface area is 125 Å². The molecular weight excluding hydrogens is 278 g/mol. The van der Waals surface area contributed by atoms with E-state index in [1.54, 1.807) is 7.11 Å². The van der Waals surface area contributed by atoms with Gasteiger partial charge >= 0.3 is 0 Å². The standard InChI is InChI=1S/C15H22ClNO3/c1-3-10-20-14-11-12(4-5-13(14)19-2)7-9-17-15(18)6-8-16/h4-5,11H,3,6-10H2,1-2H3,(H,17,18). The van der Waals surface area contributed by atoms with E-state index >= 15 is 0 Å². The van der Waals surface area contributed by atoms with Gasteiger partial charge in [0, 0.05) is 18.8 Å². The van der Waals surface area contributed by atoms with Crippen LogP contribution in [0, 0.1) is 0 Å². The number of rotatable bonds is 9. The molecule has 0 saturated heterocycles. The van der Waals surface area contributed by atoms with Gasteiger partial charge in [0.2, 0.25) is 5.91 Å². The maximum atomic E-state index is 11.3. The third-order valence-electron chi connectivity index (χ3n) is 2.75. The minimum atomic E-state index is -0.0176. The molecule has 0 spiro atoms. The zero-order chi connectivity index (χ0) is 14.8. The quantitative estimate of drug-likeness (QED) is 0.713. The molecule has 0 aliphatic carbocycles. The van der Waals surface area contributed by atoms with Gasteiger partial charge in [0.15, 0.2) is 11.5 Å². The van der Waals surface area contributed by atoms with Crippen LogP contribution in [0.15, 0.2) is 18.2 Å². The predicted molar refractivity (Wildman–Crippen MR) is 80.8 cm³/mol. The van der Waals surface area contributed by atoms with Crippen LogP contribution in [0.3, 0.4) is 0 Å². The molecule has 0 aliphatic rings. The van der Waals surface area contributed by atoms with E-state index in [2.05, 4.69) is 12.2 Å². The smallest absolute Gasteiger partial charge is 0.221 e.